The van der Waals surface area contributed by atoms with E-state index >= 15 is 0 Å². The van der Waals surface area contributed by atoms with Crippen LogP contribution in [0.5, 0.6) is 5.75 Å². The van der Waals surface area contributed by atoms with E-state index in [1.54, 1.807) is 42.2 Å². The second kappa shape index (κ2) is 13.6. The summed E-state index contributed by atoms with van der Waals surface area (Å²) in [6.07, 6.45) is 0. The molecule has 0 bridgehead atoms. The van der Waals surface area contributed by atoms with Crippen molar-refractivity contribution in [3.8, 4) is 5.75 Å². The standard InChI is InChI=1S/C32H33Cl2N5O6S/c1-2-45-27-19-25(46(42,43)38-15-17-44-18-16-38)11-12-26(27)31-36-29(21-3-7-23(33)8-4-21)30(22-5-9-24(34)10-6-22)39(31)32(41)37-14-13-35-28(40)20-37/h3-12,19,29-30H,2,13-18,20H2,1H3,(H,35,40)/t29-,30+/m0/s1. The molecule has 14 heteroatoms. The number of amides is 3. The Bertz CT molecular complexity index is 1750. The molecule has 242 valence electrons. The maximum Gasteiger partial charge on any atom is 0.326 e. The number of aliphatic imine (C=N–C) groups is 1. The zero-order valence-electron chi connectivity index (χ0n) is 25.1. The van der Waals surface area contributed by atoms with Gasteiger partial charge in [0.1, 0.15) is 24.2 Å². The van der Waals surface area contributed by atoms with Gasteiger partial charge in [0.25, 0.3) is 0 Å². The summed E-state index contributed by atoms with van der Waals surface area (Å²) in [4.78, 5) is 35.2. The number of nitrogens with one attached hydrogen (secondary N) is 1. The summed E-state index contributed by atoms with van der Waals surface area (Å²) in [7, 11) is -3.84. The van der Waals surface area contributed by atoms with E-state index in [0.717, 1.165) is 11.1 Å². The van der Waals surface area contributed by atoms with Crippen LogP contribution in [0.1, 0.15) is 35.7 Å². The topological polar surface area (TPSA) is 121 Å². The van der Waals surface area contributed by atoms with Crippen molar-refractivity contribution in [2.75, 3.05) is 52.5 Å². The summed E-state index contributed by atoms with van der Waals surface area (Å²) in [6.45, 7) is 3.67. The lowest BCUT2D eigenvalue weighted by Gasteiger charge is -2.36. The molecular weight excluding hydrogens is 653 g/mol. The van der Waals surface area contributed by atoms with Crippen LogP contribution < -0.4 is 10.1 Å². The summed E-state index contributed by atoms with van der Waals surface area (Å²) in [5, 5.41) is 3.85. The lowest BCUT2D eigenvalue weighted by molar-refractivity contribution is -0.123. The number of piperazine rings is 1. The number of amidine groups is 1. The minimum absolute atomic E-state index is 0.0641. The molecule has 0 aromatic heterocycles. The van der Waals surface area contributed by atoms with Crippen LogP contribution >= 0.6 is 23.2 Å². The molecule has 3 heterocycles. The van der Waals surface area contributed by atoms with Gasteiger partial charge in [-0.3, -0.25) is 14.7 Å². The fraction of sp³-hybridized carbons (Fsp3) is 0.344. The van der Waals surface area contributed by atoms with Crippen LogP contribution in [0.4, 0.5) is 4.79 Å². The van der Waals surface area contributed by atoms with Gasteiger partial charge >= 0.3 is 6.03 Å². The molecular formula is C32H33Cl2N5O6S. The summed E-state index contributed by atoms with van der Waals surface area (Å²) >= 11 is 12.5. The summed E-state index contributed by atoms with van der Waals surface area (Å²) in [5.74, 6) is 0.285. The van der Waals surface area contributed by atoms with E-state index in [-0.39, 0.29) is 48.6 Å². The molecule has 0 spiro atoms. The molecule has 3 aromatic rings. The molecule has 0 aliphatic carbocycles. The molecule has 0 radical (unpaired) electrons. The highest BCUT2D eigenvalue weighted by atomic mass is 35.5. The molecule has 3 aliphatic rings. The van der Waals surface area contributed by atoms with E-state index in [9.17, 15) is 18.0 Å². The van der Waals surface area contributed by atoms with Crippen LogP contribution in [0.15, 0.2) is 76.6 Å². The molecule has 3 aromatic carbocycles. The Balaban J connectivity index is 1.51. The van der Waals surface area contributed by atoms with Gasteiger partial charge in [-0.25, -0.2) is 13.2 Å². The van der Waals surface area contributed by atoms with E-state index in [2.05, 4.69) is 5.32 Å². The van der Waals surface area contributed by atoms with Gasteiger partial charge in [0.15, 0.2) is 0 Å². The Morgan fingerprint density at radius 2 is 1.63 bits per heavy atom. The number of carbonyl (C=O) groups is 2. The first-order valence-corrected chi connectivity index (χ1v) is 17.2. The fourth-order valence-corrected chi connectivity index (χ4v) is 7.54. The Kier molecular flexibility index (Phi) is 9.53. The first-order chi connectivity index (χ1) is 22.2. The molecule has 2 atom stereocenters. The third-order valence-corrected chi connectivity index (χ3v) is 10.5. The average molecular weight is 687 g/mol. The number of sulfonamides is 1. The Morgan fingerprint density at radius 1 is 0.978 bits per heavy atom. The summed E-state index contributed by atoms with van der Waals surface area (Å²) < 4.78 is 39.9. The molecule has 0 saturated carbocycles. The number of hydrogen-bond acceptors (Lipinski definition) is 7. The number of morpholine rings is 1. The van der Waals surface area contributed by atoms with Crippen LogP contribution in [0, 0.1) is 0 Å². The van der Waals surface area contributed by atoms with Gasteiger partial charge in [0, 0.05) is 42.3 Å². The summed E-state index contributed by atoms with van der Waals surface area (Å²) in [5.41, 5.74) is 2.01. The van der Waals surface area contributed by atoms with Gasteiger partial charge in [-0.05, 0) is 54.4 Å². The molecule has 6 rings (SSSR count). The van der Waals surface area contributed by atoms with Crippen LogP contribution in [-0.2, 0) is 19.6 Å². The van der Waals surface area contributed by atoms with E-state index < -0.39 is 28.1 Å². The van der Waals surface area contributed by atoms with Crippen LogP contribution in [0.3, 0.4) is 0 Å². The average Bonchev–Trinajstić information content (AvgIpc) is 3.46. The lowest BCUT2D eigenvalue weighted by Crippen LogP contribution is -2.55. The lowest BCUT2D eigenvalue weighted by atomic mass is 9.93. The number of urea groups is 1. The zero-order chi connectivity index (χ0) is 32.4. The van der Waals surface area contributed by atoms with Crippen molar-refractivity contribution in [2.45, 2.75) is 23.9 Å². The smallest absolute Gasteiger partial charge is 0.326 e. The molecule has 11 nitrogen and oxygen atoms in total. The van der Waals surface area contributed by atoms with Crippen LogP contribution in [0.2, 0.25) is 10.0 Å². The van der Waals surface area contributed by atoms with Gasteiger partial charge in [-0.2, -0.15) is 4.31 Å². The molecule has 3 aliphatic heterocycles. The zero-order valence-corrected chi connectivity index (χ0v) is 27.4. The summed E-state index contributed by atoms with van der Waals surface area (Å²) in [6, 6.07) is 17.4. The largest absolute Gasteiger partial charge is 0.493 e. The van der Waals surface area contributed by atoms with Gasteiger partial charge in [-0.1, -0.05) is 47.5 Å². The first-order valence-electron chi connectivity index (χ1n) is 15.0. The van der Waals surface area contributed by atoms with Crippen molar-refractivity contribution >= 4 is 51.0 Å². The number of rotatable bonds is 7. The Morgan fingerprint density at radius 3 is 2.26 bits per heavy atom. The van der Waals surface area contributed by atoms with Crippen LogP contribution in [0.25, 0.3) is 0 Å². The van der Waals surface area contributed by atoms with Crippen LogP contribution in [-0.4, -0.2) is 92.8 Å². The monoisotopic (exact) mass is 685 g/mol. The molecule has 46 heavy (non-hydrogen) atoms. The maximum atomic E-state index is 14.5. The molecule has 2 fully saturated rings. The number of halogens is 2. The van der Waals surface area contributed by atoms with Gasteiger partial charge in [0.2, 0.25) is 15.9 Å². The van der Waals surface area contributed by atoms with Crippen molar-refractivity contribution in [3.63, 3.8) is 0 Å². The number of nitrogens with zero attached hydrogens (tertiary/aromatic N) is 4. The third kappa shape index (κ3) is 6.45. The third-order valence-electron chi connectivity index (χ3n) is 8.11. The Hall–Kier alpha value is -3.68. The van der Waals surface area contributed by atoms with Crippen molar-refractivity contribution in [1.29, 1.82) is 0 Å². The Labute approximate surface area is 277 Å². The minimum Gasteiger partial charge on any atom is -0.493 e. The predicted molar refractivity (Wildman–Crippen MR) is 174 cm³/mol. The molecule has 2 saturated heterocycles. The van der Waals surface area contributed by atoms with Gasteiger partial charge in [-0.15, -0.1) is 0 Å². The number of ether oxygens (including phenoxy) is 2. The molecule has 0 unspecified atom stereocenters. The fourth-order valence-electron chi connectivity index (χ4n) is 5.87. The quantitative estimate of drug-likeness (QED) is 0.391. The number of carbonyl (C=O) groups excluding carboxylic acids is 2. The highest BCUT2D eigenvalue weighted by Crippen LogP contribution is 2.45. The second-order valence-electron chi connectivity index (χ2n) is 11.0. The second-order valence-corrected chi connectivity index (χ2v) is 13.8. The number of benzene rings is 3. The van der Waals surface area contributed by atoms with E-state index in [4.69, 9.17) is 37.7 Å². The van der Waals surface area contributed by atoms with Crippen molar-refractivity contribution in [1.82, 2.24) is 19.4 Å². The highest BCUT2D eigenvalue weighted by Gasteiger charge is 2.45. The molecule has 3 amide bonds. The van der Waals surface area contributed by atoms with E-state index in [1.165, 1.54) is 21.3 Å². The maximum absolute atomic E-state index is 14.5. The van der Waals surface area contributed by atoms with E-state index in [1.807, 2.05) is 24.3 Å². The minimum atomic E-state index is -3.84. The SMILES string of the molecule is CCOc1cc(S(=O)(=O)N2CCOCC2)ccc1C1=N[C@@H](c2ccc(Cl)cc2)[C@@H](c2ccc(Cl)cc2)N1C(=O)N1CCNC(=O)C1. The normalized spacial score (nSPS) is 20.8. The van der Waals surface area contributed by atoms with E-state index in [0.29, 0.717) is 41.9 Å². The highest BCUT2D eigenvalue weighted by molar-refractivity contribution is 7.89. The molecule has 1 N–H and O–H groups in total. The van der Waals surface area contributed by atoms with Crippen molar-refractivity contribution < 1.29 is 27.5 Å². The van der Waals surface area contributed by atoms with Gasteiger partial charge < -0.3 is 19.7 Å². The number of hydrogen-bond donors (Lipinski definition) is 1. The first kappa shape index (κ1) is 32.3. The predicted octanol–water partition coefficient (Wildman–Crippen LogP) is 4.51. The van der Waals surface area contributed by atoms with Crippen molar-refractivity contribution in [2.24, 2.45) is 4.99 Å². The van der Waals surface area contributed by atoms with Gasteiger partial charge in [0.05, 0.1) is 36.3 Å². The van der Waals surface area contributed by atoms with Crippen molar-refractivity contribution in [3.05, 3.63) is 93.5 Å².